The summed E-state index contributed by atoms with van der Waals surface area (Å²) in [6.45, 7) is 6.03. The van der Waals surface area contributed by atoms with E-state index in [-0.39, 0.29) is 31.3 Å². The van der Waals surface area contributed by atoms with E-state index in [0.29, 0.717) is 6.54 Å². The third-order valence-electron chi connectivity index (χ3n) is 3.48. The van der Waals surface area contributed by atoms with Crippen molar-refractivity contribution in [3.63, 3.8) is 0 Å². The molecule has 0 unspecified atom stereocenters. The zero-order valence-corrected chi connectivity index (χ0v) is 12.0. The summed E-state index contributed by atoms with van der Waals surface area (Å²) in [4.78, 5) is 17.0. The molecule has 0 aliphatic heterocycles. The number of carbonyl (C=O) groups is 1. The van der Waals surface area contributed by atoms with E-state index in [1.165, 1.54) is 17.0 Å². The Balaban J connectivity index is 2.29. The van der Waals surface area contributed by atoms with Crippen molar-refractivity contribution < 1.29 is 14.3 Å². The van der Waals surface area contributed by atoms with Gasteiger partial charge in [0.25, 0.3) is 0 Å². The molecule has 0 saturated heterocycles. The van der Waals surface area contributed by atoms with Crippen molar-refractivity contribution in [2.45, 2.75) is 13.3 Å². The van der Waals surface area contributed by atoms with Crippen LogP contribution in [-0.2, 0) is 11.2 Å². The van der Waals surface area contributed by atoms with Gasteiger partial charge in [-0.2, -0.15) is 0 Å². The van der Waals surface area contributed by atoms with Gasteiger partial charge in [0.15, 0.2) is 0 Å². The van der Waals surface area contributed by atoms with Crippen molar-refractivity contribution in [3.05, 3.63) is 47.9 Å². The second kappa shape index (κ2) is 6.54. The first-order valence-electron chi connectivity index (χ1n) is 6.83. The van der Waals surface area contributed by atoms with Crippen LogP contribution in [0.4, 0.5) is 4.39 Å². The minimum atomic E-state index is -0.325. The minimum Gasteiger partial charge on any atom is -0.395 e. The highest BCUT2D eigenvalue weighted by Crippen LogP contribution is 2.24. The summed E-state index contributed by atoms with van der Waals surface area (Å²) in [6, 6.07) is 4.49. The molecule has 0 radical (unpaired) electrons. The summed E-state index contributed by atoms with van der Waals surface area (Å²) in [5.74, 6) is -0.439. The lowest BCUT2D eigenvalue weighted by atomic mass is 10.1. The predicted octanol–water partition coefficient (Wildman–Crippen LogP) is 2.16. The third kappa shape index (κ3) is 3.31. The van der Waals surface area contributed by atoms with Gasteiger partial charge >= 0.3 is 0 Å². The largest absolute Gasteiger partial charge is 0.395 e. The number of H-pyrrole nitrogens is 1. The van der Waals surface area contributed by atoms with E-state index in [2.05, 4.69) is 11.6 Å². The maximum absolute atomic E-state index is 13.4. The summed E-state index contributed by atoms with van der Waals surface area (Å²) >= 11 is 0. The molecule has 0 fully saturated rings. The number of aliphatic hydroxyl groups excluding tert-OH is 1. The molecule has 0 bridgehead atoms. The maximum Gasteiger partial charge on any atom is 0.227 e. The van der Waals surface area contributed by atoms with Gasteiger partial charge in [-0.1, -0.05) is 6.08 Å². The molecule has 1 amide bonds. The Morgan fingerprint density at radius 1 is 1.52 bits per heavy atom. The molecular formula is C16H19FN2O2. The molecule has 0 aliphatic rings. The van der Waals surface area contributed by atoms with Crippen molar-refractivity contribution in [2.75, 3.05) is 19.7 Å². The number of rotatable bonds is 6. The van der Waals surface area contributed by atoms with Gasteiger partial charge in [-0.05, 0) is 30.7 Å². The smallest absolute Gasteiger partial charge is 0.227 e. The Labute approximate surface area is 122 Å². The molecule has 2 N–H and O–H groups in total. The third-order valence-corrected chi connectivity index (χ3v) is 3.48. The molecule has 1 aromatic carbocycles. The average molecular weight is 290 g/mol. The van der Waals surface area contributed by atoms with Gasteiger partial charge in [0, 0.05) is 29.7 Å². The second-order valence-electron chi connectivity index (χ2n) is 4.95. The molecule has 2 rings (SSSR count). The van der Waals surface area contributed by atoms with E-state index in [1.807, 2.05) is 6.92 Å². The number of aliphatic hydroxyl groups is 1. The van der Waals surface area contributed by atoms with E-state index < -0.39 is 0 Å². The molecule has 0 spiro atoms. The van der Waals surface area contributed by atoms with Crippen LogP contribution < -0.4 is 0 Å². The second-order valence-corrected chi connectivity index (χ2v) is 4.95. The van der Waals surface area contributed by atoms with Crippen molar-refractivity contribution in [1.29, 1.82) is 0 Å². The Bertz CT molecular complexity index is 664. The van der Waals surface area contributed by atoms with E-state index in [0.717, 1.165) is 22.2 Å². The quantitative estimate of drug-likeness (QED) is 0.801. The van der Waals surface area contributed by atoms with Crippen LogP contribution in [0, 0.1) is 12.7 Å². The fourth-order valence-electron chi connectivity index (χ4n) is 2.44. The van der Waals surface area contributed by atoms with E-state index >= 15 is 0 Å². The molecule has 0 aliphatic carbocycles. The van der Waals surface area contributed by atoms with Crippen LogP contribution in [0.2, 0.25) is 0 Å². The molecule has 0 saturated carbocycles. The van der Waals surface area contributed by atoms with Crippen molar-refractivity contribution in [3.8, 4) is 0 Å². The van der Waals surface area contributed by atoms with Gasteiger partial charge < -0.3 is 15.0 Å². The van der Waals surface area contributed by atoms with Crippen LogP contribution in [0.5, 0.6) is 0 Å². The number of nitrogens with one attached hydrogen (secondary N) is 1. The molecule has 1 aromatic heterocycles. The Morgan fingerprint density at radius 3 is 2.95 bits per heavy atom. The highest BCUT2D eigenvalue weighted by molar-refractivity contribution is 5.90. The summed E-state index contributed by atoms with van der Waals surface area (Å²) in [6.07, 6.45) is 1.79. The molecule has 1 heterocycles. The topological polar surface area (TPSA) is 56.3 Å². The zero-order chi connectivity index (χ0) is 15.4. The number of aromatic nitrogens is 1. The normalized spacial score (nSPS) is 10.8. The summed E-state index contributed by atoms with van der Waals surface area (Å²) in [5, 5.41) is 9.74. The number of hydrogen-bond donors (Lipinski definition) is 2. The lowest BCUT2D eigenvalue weighted by Gasteiger charge is -2.20. The highest BCUT2D eigenvalue weighted by Gasteiger charge is 2.17. The molecule has 2 aromatic rings. The summed E-state index contributed by atoms with van der Waals surface area (Å²) in [7, 11) is 0. The first-order valence-corrected chi connectivity index (χ1v) is 6.83. The first kappa shape index (κ1) is 15.3. The van der Waals surface area contributed by atoms with Crippen LogP contribution in [0.1, 0.15) is 11.3 Å². The Kier molecular flexibility index (Phi) is 4.75. The number of aryl methyl sites for hydroxylation is 1. The number of aromatic amines is 1. The SMILES string of the molecule is C=CCN(CCO)C(=O)Cc1c(C)[nH]c2ccc(F)cc12. The summed E-state index contributed by atoms with van der Waals surface area (Å²) < 4.78 is 13.4. The van der Waals surface area contributed by atoms with E-state index in [9.17, 15) is 9.18 Å². The van der Waals surface area contributed by atoms with Gasteiger partial charge in [0.2, 0.25) is 5.91 Å². The van der Waals surface area contributed by atoms with Gasteiger partial charge in [-0.25, -0.2) is 4.39 Å². The number of hydrogen-bond acceptors (Lipinski definition) is 2. The molecule has 4 nitrogen and oxygen atoms in total. The van der Waals surface area contributed by atoms with Crippen molar-refractivity contribution in [1.82, 2.24) is 9.88 Å². The fraction of sp³-hybridized carbons (Fsp3) is 0.312. The molecule has 112 valence electrons. The van der Waals surface area contributed by atoms with Crippen molar-refractivity contribution >= 4 is 16.8 Å². The maximum atomic E-state index is 13.4. The molecule has 5 heteroatoms. The first-order chi connectivity index (χ1) is 10.1. The van der Waals surface area contributed by atoms with Crippen molar-refractivity contribution in [2.24, 2.45) is 0 Å². The fourth-order valence-corrected chi connectivity index (χ4v) is 2.44. The van der Waals surface area contributed by atoms with E-state index in [4.69, 9.17) is 5.11 Å². The van der Waals surface area contributed by atoms with Gasteiger partial charge in [-0.15, -0.1) is 6.58 Å². The number of amides is 1. The Hall–Kier alpha value is -2.14. The van der Waals surface area contributed by atoms with Gasteiger partial charge in [0.05, 0.1) is 13.0 Å². The minimum absolute atomic E-state index is 0.0962. The highest BCUT2D eigenvalue weighted by atomic mass is 19.1. The number of carbonyl (C=O) groups excluding carboxylic acids is 1. The monoisotopic (exact) mass is 290 g/mol. The standard InChI is InChI=1S/C16H19FN2O2/c1-3-6-19(7-8-20)16(21)10-13-11(2)18-15-5-4-12(17)9-14(13)15/h3-5,9,18,20H,1,6-8,10H2,2H3. The number of benzene rings is 1. The lowest BCUT2D eigenvalue weighted by Crippen LogP contribution is -2.34. The molecular weight excluding hydrogens is 271 g/mol. The predicted molar refractivity (Wildman–Crippen MR) is 80.6 cm³/mol. The lowest BCUT2D eigenvalue weighted by molar-refractivity contribution is -0.130. The van der Waals surface area contributed by atoms with Crippen LogP contribution in [0.15, 0.2) is 30.9 Å². The number of nitrogens with zero attached hydrogens (tertiary/aromatic N) is 1. The van der Waals surface area contributed by atoms with Crippen LogP contribution in [0.25, 0.3) is 10.9 Å². The van der Waals surface area contributed by atoms with Crippen LogP contribution in [0.3, 0.4) is 0 Å². The average Bonchev–Trinajstić information content (AvgIpc) is 2.75. The number of fused-ring (bicyclic) bond motifs is 1. The number of halogens is 1. The Morgan fingerprint density at radius 2 is 2.29 bits per heavy atom. The van der Waals surface area contributed by atoms with E-state index in [1.54, 1.807) is 12.1 Å². The van der Waals surface area contributed by atoms with Crippen LogP contribution in [-0.4, -0.2) is 40.6 Å². The summed E-state index contributed by atoms with van der Waals surface area (Å²) in [5.41, 5.74) is 2.46. The molecule has 0 atom stereocenters. The molecule has 21 heavy (non-hydrogen) atoms. The van der Waals surface area contributed by atoms with Crippen LogP contribution >= 0.6 is 0 Å². The zero-order valence-electron chi connectivity index (χ0n) is 12.0. The van der Waals surface area contributed by atoms with Gasteiger partial charge in [-0.3, -0.25) is 4.79 Å². The van der Waals surface area contributed by atoms with Gasteiger partial charge in [0.1, 0.15) is 5.82 Å².